The number of rotatable bonds is 10. The zero-order chi connectivity index (χ0) is 44.6. The van der Waals surface area contributed by atoms with E-state index in [0.717, 1.165) is 93.1 Å². The second-order valence-corrected chi connectivity index (χ2v) is 17.8. The number of anilines is 1. The summed E-state index contributed by atoms with van der Waals surface area (Å²) in [5, 5.41) is 8.03. The van der Waals surface area contributed by atoms with Crippen LogP contribution in [0.25, 0.3) is 22.3 Å². The zero-order valence-corrected chi connectivity index (χ0v) is 36.3. The number of amides is 6. The zero-order valence-electron chi connectivity index (χ0n) is 36.3. The van der Waals surface area contributed by atoms with Crippen LogP contribution < -0.4 is 15.8 Å². The van der Waals surface area contributed by atoms with E-state index in [1.165, 1.54) is 6.33 Å². The summed E-state index contributed by atoms with van der Waals surface area (Å²) in [7, 11) is 0. The molecule has 5 aliphatic heterocycles. The van der Waals surface area contributed by atoms with E-state index >= 15 is 0 Å². The van der Waals surface area contributed by atoms with Crippen molar-refractivity contribution in [2.75, 3.05) is 71.2 Å². The molecule has 4 fully saturated rings. The number of nitrogens with one attached hydrogen (secondary N) is 1. The second-order valence-electron chi connectivity index (χ2n) is 17.8. The largest absolute Gasteiger partial charge is 0.457 e. The molecule has 17 heteroatoms. The normalized spacial score (nSPS) is 21.3. The summed E-state index contributed by atoms with van der Waals surface area (Å²) >= 11 is 0. The SMILES string of the molecule is Nc1ncnc2c1c(-c1ccc(Oc3ccccc3)cc1)nn2C1CCCN(C(=O)N2CCN(CCCN3CCC(c4ccc5c(c4)C(=O)N(C4CCC(=O)NC4=O)C5=O)CC3)CC2)C1. The first-order chi connectivity index (χ1) is 31.7. The highest BCUT2D eigenvalue weighted by Crippen LogP contribution is 2.36. The molecule has 2 aromatic heterocycles. The maximum absolute atomic E-state index is 14.0. The van der Waals surface area contributed by atoms with Crippen LogP contribution in [0.5, 0.6) is 11.5 Å². The van der Waals surface area contributed by atoms with Gasteiger partial charge in [0, 0.05) is 51.3 Å². The minimum Gasteiger partial charge on any atom is -0.457 e. The van der Waals surface area contributed by atoms with Gasteiger partial charge in [-0.05, 0) is 125 Å². The van der Waals surface area contributed by atoms with Gasteiger partial charge in [-0.1, -0.05) is 24.3 Å². The van der Waals surface area contributed by atoms with E-state index < -0.39 is 23.8 Å². The topological polar surface area (TPSA) is 192 Å². The van der Waals surface area contributed by atoms with Crippen molar-refractivity contribution in [1.82, 2.24) is 49.6 Å². The standard InChI is InChI=1S/C48H53N11O6/c49-43-41-42(32-9-12-36(13-10-32)65-35-7-2-1-3-8-35)53-59(44(41)51-30-50-43)34-6-4-21-57(29-34)48(64)56-26-24-55(25-27-56)20-5-19-54-22-17-31(18-23-54)33-11-14-37-38(28-33)47(63)58(46(37)62)39-15-16-40(60)52-45(39)61/h1-3,7-14,28,30-31,34,39H,4-6,15-27,29H2,(H2,49,50,51)(H,52,60,61). The number of urea groups is 1. The smallest absolute Gasteiger partial charge is 0.320 e. The van der Waals surface area contributed by atoms with Crippen LogP contribution in [0.2, 0.25) is 0 Å². The van der Waals surface area contributed by atoms with Crippen molar-refractivity contribution in [3.8, 4) is 22.8 Å². The van der Waals surface area contributed by atoms with Crippen LogP contribution in [-0.2, 0) is 9.59 Å². The molecule has 0 radical (unpaired) electrons. The van der Waals surface area contributed by atoms with E-state index in [0.29, 0.717) is 65.6 Å². The molecule has 336 valence electrons. The summed E-state index contributed by atoms with van der Waals surface area (Å²) in [6.45, 7) is 8.15. The van der Waals surface area contributed by atoms with Crippen LogP contribution in [0.1, 0.15) is 83.2 Å². The van der Waals surface area contributed by atoms with Crippen molar-refractivity contribution in [2.45, 2.75) is 62.9 Å². The molecule has 6 amide bonds. The molecule has 0 spiro atoms. The number of nitrogens with zero attached hydrogens (tertiary/aromatic N) is 9. The number of ether oxygens (including phenoxy) is 1. The molecule has 0 bridgehead atoms. The Morgan fingerprint density at radius 2 is 1.48 bits per heavy atom. The summed E-state index contributed by atoms with van der Waals surface area (Å²) in [5.74, 6) is 0.181. The number of hydrogen-bond donors (Lipinski definition) is 2. The van der Waals surface area contributed by atoms with Crippen LogP contribution in [0.4, 0.5) is 10.6 Å². The molecule has 5 aromatic rings. The fourth-order valence-electron chi connectivity index (χ4n) is 10.2. The minimum absolute atomic E-state index is 0.0635. The van der Waals surface area contributed by atoms with E-state index in [4.69, 9.17) is 15.6 Å². The van der Waals surface area contributed by atoms with E-state index in [2.05, 4.69) is 25.1 Å². The molecular formula is C48H53N11O6. The second kappa shape index (κ2) is 18.0. The van der Waals surface area contributed by atoms with Crippen molar-refractivity contribution < 1.29 is 28.7 Å². The van der Waals surface area contributed by atoms with Crippen molar-refractivity contribution in [3.63, 3.8) is 0 Å². The number of likely N-dealkylation sites (tertiary alicyclic amines) is 2. The molecule has 3 aromatic carbocycles. The van der Waals surface area contributed by atoms with E-state index in [-0.39, 0.29) is 36.7 Å². The Hall–Kier alpha value is -6.72. The first-order valence-electron chi connectivity index (χ1n) is 22.8. The Balaban J connectivity index is 0.686. The maximum Gasteiger partial charge on any atom is 0.320 e. The molecule has 0 aliphatic carbocycles. The van der Waals surface area contributed by atoms with Gasteiger partial charge in [-0.25, -0.2) is 19.4 Å². The fraction of sp³-hybridized carbons (Fsp3) is 0.417. The third-order valence-corrected chi connectivity index (χ3v) is 13.8. The lowest BCUT2D eigenvalue weighted by Crippen LogP contribution is -2.54. The van der Waals surface area contributed by atoms with Crippen molar-refractivity contribution in [2.24, 2.45) is 0 Å². The highest BCUT2D eigenvalue weighted by atomic mass is 16.5. The number of imide groups is 2. The molecule has 0 saturated carbocycles. The third kappa shape index (κ3) is 8.53. The van der Waals surface area contributed by atoms with Gasteiger partial charge in [-0.15, -0.1) is 0 Å². The van der Waals surface area contributed by atoms with Gasteiger partial charge in [0.25, 0.3) is 11.8 Å². The Morgan fingerprint density at radius 3 is 2.23 bits per heavy atom. The van der Waals surface area contributed by atoms with Crippen molar-refractivity contribution in [1.29, 1.82) is 0 Å². The number of nitrogens with two attached hydrogens (primary N) is 1. The lowest BCUT2D eigenvalue weighted by atomic mass is 9.88. The van der Waals surface area contributed by atoms with Crippen LogP contribution >= 0.6 is 0 Å². The van der Waals surface area contributed by atoms with Crippen LogP contribution in [0, 0.1) is 0 Å². The van der Waals surface area contributed by atoms with Crippen molar-refractivity contribution >= 4 is 46.5 Å². The molecule has 5 aliphatic rings. The lowest BCUT2D eigenvalue weighted by Gasteiger charge is -2.40. The number of piperidine rings is 3. The average molecular weight is 880 g/mol. The van der Waals surface area contributed by atoms with Crippen LogP contribution in [0.3, 0.4) is 0 Å². The summed E-state index contributed by atoms with van der Waals surface area (Å²) in [6, 6.07) is 21.9. The molecular weight excluding hydrogens is 827 g/mol. The summed E-state index contributed by atoms with van der Waals surface area (Å²) in [4.78, 5) is 83.5. The number of benzene rings is 3. The quantitative estimate of drug-likeness (QED) is 0.181. The van der Waals surface area contributed by atoms with Gasteiger partial charge in [-0.3, -0.25) is 34.3 Å². The van der Waals surface area contributed by atoms with E-state index in [1.807, 2.05) is 81.2 Å². The van der Waals surface area contributed by atoms with Gasteiger partial charge in [-0.2, -0.15) is 5.10 Å². The molecule has 17 nitrogen and oxygen atoms in total. The number of fused-ring (bicyclic) bond motifs is 2. The van der Waals surface area contributed by atoms with Gasteiger partial charge >= 0.3 is 6.03 Å². The van der Waals surface area contributed by atoms with E-state index in [9.17, 15) is 24.0 Å². The molecule has 2 atom stereocenters. The highest BCUT2D eigenvalue weighted by Gasteiger charge is 2.45. The summed E-state index contributed by atoms with van der Waals surface area (Å²) < 4.78 is 7.95. The Kier molecular flexibility index (Phi) is 11.7. The lowest BCUT2D eigenvalue weighted by molar-refractivity contribution is -0.136. The van der Waals surface area contributed by atoms with Gasteiger partial charge < -0.3 is 25.2 Å². The monoisotopic (exact) mass is 879 g/mol. The number of carbonyl (C=O) groups is 5. The molecule has 4 saturated heterocycles. The van der Waals surface area contributed by atoms with E-state index in [1.54, 1.807) is 6.07 Å². The fourth-order valence-corrected chi connectivity index (χ4v) is 10.2. The number of nitrogen functional groups attached to an aromatic ring is 1. The van der Waals surface area contributed by atoms with Gasteiger partial charge in [0.1, 0.15) is 35.4 Å². The highest BCUT2D eigenvalue weighted by molar-refractivity contribution is 6.23. The molecule has 3 N–H and O–H groups in total. The first-order valence-corrected chi connectivity index (χ1v) is 22.8. The number of carbonyl (C=O) groups excluding carboxylic acids is 5. The average Bonchev–Trinajstić information content (AvgIpc) is 3.85. The molecule has 2 unspecified atom stereocenters. The first kappa shape index (κ1) is 42.2. The number of para-hydroxylation sites is 1. The number of hydrogen-bond acceptors (Lipinski definition) is 12. The maximum atomic E-state index is 14.0. The van der Waals surface area contributed by atoms with Gasteiger partial charge in [0.2, 0.25) is 11.8 Å². The van der Waals surface area contributed by atoms with Crippen LogP contribution in [0.15, 0.2) is 79.1 Å². The predicted octanol–water partition coefficient (Wildman–Crippen LogP) is 4.91. The van der Waals surface area contributed by atoms with Crippen LogP contribution in [-0.4, -0.2) is 145 Å². The Morgan fingerprint density at radius 1 is 0.754 bits per heavy atom. The number of piperazine rings is 1. The Bertz CT molecular complexity index is 2620. The molecule has 65 heavy (non-hydrogen) atoms. The third-order valence-electron chi connectivity index (χ3n) is 13.8. The molecule has 10 rings (SSSR count). The summed E-state index contributed by atoms with van der Waals surface area (Å²) in [6.07, 6.45) is 6.38. The van der Waals surface area contributed by atoms with Crippen molar-refractivity contribution in [3.05, 3.63) is 95.8 Å². The van der Waals surface area contributed by atoms with Gasteiger partial charge in [0.05, 0.1) is 22.6 Å². The van der Waals surface area contributed by atoms with Gasteiger partial charge in [0.15, 0.2) is 5.65 Å². The number of aromatic nitrogens is 4. The summed E-state index contributed by atoms with van der Waals surface area (Å²) in [5.41, 5.74) is 10.4. The Labute approximate surface area is 376 Å². The predicted molar refractivity (Wildman–Crippen MR) is 241 cm³/mol. The molecule has 7 heterocycles. The minimum atomic E-state index is -0.965.